The molecule has 0 aliphatic heterocycles. The van der Waals surface area contributed by atoms with E-state index in [0.29, 0.717) is 0 Å². The normalized spacial score (nSPS) is 26.2. The largest absolute Gasteiger partial charge is 0.193 e. The van der Waals surface area contributed by atoms with Crippen molar-refractivity contribution in [2.45, 2.75) is 116 Å². The maximum atomic E-state index is 8.60. The fourth-order valence-corrected chi connectivity index (χ4v) is 6.38. The molecule has 1 heteroatoms. The molecule has 32 heavy (non-hydrogen) atoms. The molecule has 2 saturated carbocycles. The van der Waals surface area contributed by atoms with Crippen molar-refractivity contribution in [1.82, 2.24) is 0 Å². The van der Waals surface area contributed by atoms with E-state index >= 15 is 0 Å². The average Bonchev–Trinajstić information content (AvgIpc) is 2.85. The van der Waals surface area contributed by atoms with E-state index in [1.54, 1.807) is 6.08 Å². The summed E-state index contributed by atoms with van der Waals surface area (Å²) in [4.78, 5) is 0. The minimum atomic E-state index is 0.915. The molecule has 2 fully saturated rings. The highest BCUT2D eigenvalue weighted by molar-refractivity contribution is 5.22. The molecule has 0 spiro atoms. The highest BCUT2D eigenvalue weighted by Gasteiger charge is 2.30. The highest BCUT2D eigenvalue weighted by Crippen LogP contribution is 2.43. The first-order chi connectivity index (χ1) is 15.8. The second kappa shape index (κ2) is 14.6. The predicted molar refractivity (Wildman–Crippen MR) is 137 cm³/mol. The van der Waals surface area contributed by atoms with Gasteiger partial charge in [-0.1, -0.05) is 82.2 Å². The van der Waals surface area contributed by atoms with Gasteiger partial charge in [0.15, 0.2) is 0 Å². The molecule has 1 aromatic carbocycles. The third-order valence-corrected chi connectivity index (χ3v) is 8.55. The summed E-state index contributed by atoms with van der Waals surface area (Å²) in [6.07, 6.45) is 27.2. The van der Waals surface area contributed by atoms with Gasteiger partial charge in [-0.15, -0.1) is 0 Å². The molecule has 0 atom stereocenters. The second-order valence-electron chi connectivity index (χ2n) is 10.8. The average molecular weight is 434 g/mol. The molecule has 0 bridgehead atoms. The van der Waals surface area contributed by atoms with Gasteiger partial charge in [-0.05, 0) is 99.0 Å². The third-order valence-electron chi connectivity index (χ3n) is 8.55. The van der Waals surface area contributed by atoms with Crippen LogP contribution in [0.3, 0.4) is 0 Å². The molecule has 1 aromatic rings. The van der Waals surface area contributed by atoms with Gasteiger partial charge < -0.3 is 0 Å². The predicted octanol–water partition coefficient (Wildman–Crippen LogP) is 9.21. The Morgan fingerprint density at radius 2 is 1.28 bits per heavy atom. The number of nitrogens with zero attached hydrogens (tertiary/aromatic N) is 1. The molecule has 3 rings (SSSR count). The number of unbranched alkanes of at least 4 members (excludes halogenated alkanes) is 2. The van der Waals surface area contributed by atoms with E-state index in [1.807, 2.05) is 0 Å². The van der Waals surface area contributed by atoms with Crippen LogP contribution in [0.4, 0.5) is 0 Å². The van der Waals surface area contributed by atoms with E-state index in [9.17, 15) is 0 Å². The van der Waals surface area contributed by atoms with Gasteiger partial charge in [0.25, 0.3) is 0 Å². The molecule has 0 saturated heterocycles. The summed E-state index contributed by atoms with van der Waals surface area (Å²) in [7, 11) is 0. The van der Waals surface area contributed by atoms with Gasteiger partial charge in [0.2, 0.25) is 0 Å². The zero-order valence-corrected chi connectivity index (χ0v) is 20.7. The lowest BCUT2D eigenvalue weighted by Gasteiger charge is -2.38. The van der Waals surface area contributed by atoms with E-state index in [1.165, 1.54) is 114 Å². The summed E-state index contributed by atoms with van der Waals surface area (Å²) in [6.45, 7) is 2.27. The molecular weight excluding hydrogens is 386 g/mol. The van der Waals surface area contributed by atoms with Crippen LogP contribution in [-0.2, 0) is 12.8 Å². The van der Waals surface area contributed by atoms with E-state index < -0.39 is 0 Å². The van der Waals surface area contributed by atoms with Crippen molar-refractivity contribution in [3.63, 3.8) is 0 Å². The zero-order chi connectivity index (χ0) is 22.4. The van der Waals surface area contributed by atoms with Crippen LogP contribution in [0.1, 0.15) is 114 Å². The Hall–Kier alpha value is -1.55. The first-order valence-corrected chi connectivity index (χ1v) is 13.9. The van der Waals surface area contributed by atoms with Crippen LogP contribution in [0.2, 0.25) is 0 Å². The van der Waals surface area contributed by atoms with Crippen LogP contribution < -0.4 is 0 Å². The van der Waals surface area contributed by atoms with Gasteiger partial charge in [-0.2, -0.15) is 5.26 Å². The fourth-order valence-electron chi connectivity index (χ4n) is 6.38. The summed E-state index contributed by atoms with van der Waals surface area (Å²) in [5.74, 6) is 3.96. The molecular formula is C31H47N. The van der Waals surface area contributed by atoms with E-state index in [4.69, 9.17) is 5.26 Å². The van der Waals surface area contributed by atoms with E-state index in [-0.39, 0.29) is 0 Å². The van der Waals surface area contributed by atoms with Crippen LogP contribution in [0.5, 0.6) is 0 Å². The van der Waals surface area contributed by atoms with Crippen molar-refractivity contribution in [3.05, 3.63) is 47.5 Å². The van der Waals surface area contributed by atoms with Crippen LogP contribution >= 0.6 is 0 Å². The minimum Gasteiger partial charge on any atom is -0.193 e. The summed E-state index contributed by atoms with van der Waals surface area (Å²) in [6, 6.07) is 11.6. The lowest BCUT2D eigenvalue weighted by atomic mass is 9.68. The van der Waals surface area contributed by atoms with Gasteiger partial charge in [0.1, 0.15) is 0 Å². The first-order valence-electron chi connectivity index (χ1n) is 13.9. The Kier molecular flexibility index (Phi) is 11.4. The molecule has 0 heterocycles. The van der Waals surface area contributed by atoms with Gasteiger partial charge in [-0.3, -0.25) is 0 Å². The Bertz CT molecular complexity index is 678. The van der Waals surface area contributed by atoms with Gasteiger partial charge in [-0.25, -0.2) is 0 Å². The molecule has 176 valence electrons. The Morgan fingerprint density at radius 1 is 0.750 bits per heavy atom. The number of hydrogen-bond acceptors (Lipinski definition) is 1. The zero-order valence-electron chi connectivity index (χ0n) is 20.7. The maximum absolute atomic E-state index is 8.60. The second-order valence-corrected chi connectivity index (χ2v) is 10.8. The summed E-state index contributed by atoms with van der Waals surface area (Å²) < 4.78 is 0. The van der Waals surface area contributed by atoms with Crippen LogP contribution in [-0.4, -0.2) is 0 Å². The van der Waals surface area contributed by atoms with Crippen LogP contribution in [0.15, 0.2) is 36.4 Å². The SMILES string of the molecule is CCCCc1ccc(CCCCC2CCC(C3CCC(CC/C=C/C#N)CC3)CC2)cc1. The summed E-state index contributed by atoms with van der Waals surface area (Å²) >= 11 is 0. The number of nitriles is 1. The lowest BCUT2D eigenvalue weighted by Crippen LogP contribution is -2.25. The minimum absolute atomic E-state index is 0.915. The van der Waals surface area contributed by atoms with Crippen molar-refractivity contribution in [3.8, 4) is 6.07 Å². The quantitative estimate of drug-likeness (QED) is 0.238. The smallest absolute Gasteiger partial charge is 0.0908 e. The molecule has 2 aliphatic carbocycles. The molecule has 0 radical (unpaired) electrons. The summed E-state index contributed by atoms with van der Waals surface area (Å²) in [5.41, 5.74) is 3.04. The van der Waals surface area contributed by atoms with Crippen LogP contribution in [0.25, 0.3) is 0 Å². The van der Waals surface area contributed by atoms with E-state index in [2.05, 4.69) is 43.3 Å². The molecule has 0 N–H and O–H groups in total. The maximum Gasteiger partial charge on any atom is 0.0908 e. The van der Waals surface area contributed by atoms with Gasteiger partial charge in [0, 0.05) is 6.08 Å². The van der Waals surface area contributed by atoms with Crippen molar-refractivity contribution < 1.29 is 0 Å². The monoisotopic (exact) mass is 433 g/mol. The van der Waals surface area contributed by atoms with Crippen LogP contribution in [0, 0.1) is 35.0 Å². The molecule has 1 nitrogen and oxygen atoms in total. The van der Waals surface area contributed by atoms with Crippen molar-refractivity contribution in [1.29, 1.82) is 5.26 Å². The lowest BCUT2D eigenvalue weighted by molar-refractivity contribution is 0.140. The highest BCUT2D eigenvalue weighted by atomic mass is 14.4. The number of benzene rings is 1. The topological polar surface area (TPSA) is 23.8 Å². The molecule has 2 aliphatic rings. The van der Waals surface area contributed by atoms with Crippen molar-refractivity contribution >= 4 is 0 Å². The van der Waals surface area contributed by atoms with E-state index in [0.717, 1.165) is 30.1 Å². The molecule has 0 unspecified atom stereocenters. The van der Waals surface area contributed by atoms with Crippen molar-refractivity contribution in [2.24, 2.45) is 23.7 Å². The first kappa shape index (κ1) is 25.1. The Morgan fingerprint density at radius 3 is 1.81 bits per heavy atom. The number of rotatable bonds is 12. The number of allylic oxidation sites excluding steroid dienone is 2. The number of aryl methyl sites for hydroxylation is 2. The standard InChI is InChI=1S/C31H47N/c1-2-3-9-26-13-15-27(16-14-26)11-6-7-12-29-19-23-31(24-20-29)30-21-17-28(18-22-30)10-5-4-8-25-32/h4,8,13-16,28-31H,2-3,5-7,9-12,17-24H2,1H3/b8-4+. The van der Waals surface area contributed by atoms with Gasteiger partial charge >= 0.3 is 0 Å². The third kappa shape index (κ3) is 8.77. The molecule has 0 aromatic heterocycles. The molecule has 0 amide bonds. The van der Waals surface area contributed by atoms with Crippen molar-refractivity contribution in [2.75, 3.05) is 0 Å². The fraction of sp³-hybridized carbons (Fsp3) is 0.710. The van der Waals surface area contributed by atoms with Gasteiger partial charge in [0.05, 0.1) is 6.07 Å². The Labute approximate surface area is 198 Å². The summed E-state index contributed by atoms with van der Waals surface area (Å²) in [5, 5.41) is 8.60. The number of hydrogen-bond donors (Lipinski definition) is 0. The Balaban J connectivity index is 1.24.